The molecule has 1 fully saturated rings. The zero-order valence-electron chi connectivity index (χ0n) is 21.0. The van der Waals surface area contributed by atoms with Crippen molar-refractivity contribution in [2.24, 2.45) is 0 Å². The van der Waals surface area contributed by atoms with Crippen LogP contribution in [0.4, 0.5) is 9.18 Å². The number of alkyl halides is 1. The number of halogens is 1. The van der Waals surface area contributed by atoms with Crippen LogP contribution in [-0.4, -0.2) is 85.1 Å². The van der Waals surface area contributed by atoms with E-state index in [0.29, 0.717) is 39.0 Å². The summed E-state index contributed by atoms with van der Waals surface area (Å²) in [6.45, 7) is 7.39. The summed E-state index contributed by atoms with van der Waals surface area (Å²) in [5.41, 5.74) is 1.79. The van der Waals surface area contributed by atoms with Gasteiger partial charge in [-0.25, -0.2) is 14.8 Å². The highest BCUT2D eigenvalue weighted by Crippen LogP contribution is 2.26. The minimum absolute atomic E-state index is 0.150. The van der Waals surface area contributed by atoms with Crippen molar-refractivity contribution in [2.45, 2.75) is 57.7 Å². The van der Waals surface area contributed by atoms with Gasteiger partial charge in [-0.1, -0.05) is 0 Å². The highest BCUT2D eigenvalue weighted by Gasteiger charge is 2.34. The molecule has 1 aliphatic rings. The standard InChI is InChI=1S/C25H33FN8O2/c1-25(2,3)36-24(35)33-12-11-32(15-19(33)5-4-8-26)16-20(6-9-27)34-14-18(13-31-34)22-21-7-10-28-23(21)30-17-29-22/h7,10,13-14,17,19-20H,4-6,8,11-12,15-16H2,1-3H3,(H,28,29,30). The maximum absolute atomic E-state index is 13.0. The summed E-state index contributed by atoms with van der Waals surface area (Å²) in [6.07, 6.45) is 7.86. The SMILES string of the molecule is CC(C)(C)OC(=O)N1CCN(CC(CC#N)n2cc(-c3ncnc4[nH]ccc34)cn2)CC1CCCF. The zero-order chi connectivity index (χ0) is 25.7. The summed E-state index contributed by atoms with van der Waals surface area (Å²) >= 11 is 0. The molecule has 1 amide bonds. The van der Waals surface area contributed by atoms with Gasteiger partial charge in [0.05, 0.1) is 37.1 Å². The van der Waals surface area contributed by atoms with E-state index in [2.05, 4.69) is 31.0 Å². The lowest BCUT2D eigenvalue weighted by Crippen LogP contribution is -2.56. The van der Waals surface area contributed by atoms with Gasteiger partial charge in [0.25, 0.3) is 0 Å². The molecule has 0 saturated carbocycles. The van der Waals surface area contributed by atoms with Crippen LogP contribution in [0.1, 0.15) is 46.1 Å². The van der Waals surface area contributed by atoms with Crippen molar-refractivity contribution < 1.29 is 13.9 Å². The smallest absolute Gasteiger partial charge is 0.410 e. The fourth-order valence-electron chi connectivity index (χ4n) is 4.61. The van der Waals surface area contributed by atoms with E-state index in [1.165, 1.54) is 6.33 Å². The van der Waals surface area contributed by atoms with Gasteiger partial charge in [0.1, 0.15) is 17.6 Å². The van der Waals surface area contributed by atoms with Crippen LogP contribution < -0.4 is 0 Å². The molecule has 0 aromatic carbocycles. The number of rotatable bonds is 8. The van der Waals surface area contributed by atoms with Crippen LogP contribution in [0.25, 0.3) is 22.3 Å². The van der Waals surface area contributed by atoms with Crippen LogP contribution in [0.3, 0.4) is 0 Å². The largest absolute Gasteiger partial charge is 0.444 e. The predicted octanol–water partition coefficient (Wildman–Crippen LogP) is 3.95. The monoisotopic (exact) mass is 496 g/mol. The van der Waals surface area contributed by atoms with Crippen LogP contribution in [0.5, 0.6) is 0 Å². The third-order valence-corrected chi connectivity index (χ3v) is 6.26. The summed E-state index contributed by atoms with van der Waals surface area (Å²) in [7, 11) is 0. The van der Waals surface area contributed by atoms with Crippen molar-refractivity contribution in [3.8, 4) is 17.3 Å². The number of ether oxygens (including phenoxy) is 1. The number of fused-ring (bicyclic) bond motifs is 1. The van der Waals surface area contributed by atoms with Crippen LogP contribution in [0.2, 0.25) is 0 Å². The predicted molar refractivity (Wildman–Crippen MR) is 133 cm³/mol. The number of piperazine rings is 1. The number of hydrogen-bond donors (Lipinski definition) is 1. The summed E-state index contributed by atoms with van der Waals surface area (Å²) < 4.78 is 20.4. The van der Waals surface area contributed by atoms with Crippen molar-refractivity contribution in [3.63, 3.8) is 0 Å². The van der Waals surface area contributed by atoms with Gasteiger partial charge in [0.2, 0.25) is 0 Å². The first kappa shape index (κ1) is 25.6. The molecule has 0 spiro atoms. The van der Waals surface area contributed by atoms with Crippen molar-refractivity contribution in [2.75, 3.05) is 32.9 Å². The Balaban J connectivity index is 1.48. The van der Waals surface area contributed by atoms with Crippen LogP contribution in [0, 0.1) is 11.3 Å². The van der Waals surface area contributed by atoms with Gasteiger partial charge < -0.3 is 14.6 Å². The van der Waals surface area contributed by atoms with Gasteiger partial charge in [-0.2, -0.15) is 10.4 Å². The van der Waals surface area contributed by atoms with Crippen molar-refractivity contribution in [3.05, 3.63) is 31.0 Å². The number of carbonyl (C=O) groups is 1. The van der Waals surface area contributed by atoms with Gasteiger partial charge >= 0.3 is 6.09 Å². The number of nitrogens with zero attached hydrogens (tertiary/aromatic N) is 7. The van der Waals surface area contributed by atoms with Crippen LogP contribution in [-0.2, 0) is 4.74 Å². The molecule has 4 rings (SSSR count). The lowest BCUT2D eigenvalue weighted by Gasteiger charge is -2.42. The van der Waals surface area contributed by atoms with Crippen molar-refractivity contribution >= 4 is 17.1 Å². The summed E-state index contributed by atoms with van der Waals surface area (Å²) in [5, 5.41) is 15.0. The second-order valence-corrected chi connectivity index (χ2v) is 10.1. The number of nitrogens with one attached hydrogen (secondary N) is 1. The molecule has 2 unspecified atom stereocenters. The molecule has 1 aliphatic heterocycles. The van der Waals surface area contributed by atoms with Gasteiger partial charge in [-0.05, 0) is 39.7 Å². The van der Waals surface area contributed by atoms with Gasteiger partial charge in [-0.15, -0.1) is 0 Å². The van der Waals surface area contributed by atoms with Crippen LogP contribution in [0.15, 0.2) is 31.0 Å². The fourth-order valence-corrected chi connectivity index (χ4v) is 4.61. The van der Waals surface area contributed by atoms with Crippen molar-refractivity contribution in [1.82, 2.24) is 34.5 Å². The maximum Gasteiger partial charge on any atom is 0.410 e. The van der Waals surface area contributed by atoms with E-state index in [1.54, 1.807) is 11.1 Å². The molecular formula is C25H33FN8O2. The minimum Gasteiger partial charge on any atom is -0.444 e. The second-order valence-electron chi connectivity index (χ2n) is 10.1. The molecule has 192 valence electrons. The first-order chi connectivity index (χ1) is 17.3. The van der Waals surface area contributed by atoms with Gasteiger partial charge in [-0.3, -0.25) is 14.0 Å². The number of H-pyrrole nitrogens is 1. The quantitative estimate of drug-likeness (QED) is 0.502. The molecule has 0 bridgehead atoms. The molecule has 4 heterocycles. The summed E-state index contributed by atoms with van der Waals surface area (Å²) in [5.74, 6) is 0. The Hall–Kier alpha value is -3.52. The lowest BCUT2D eigenvalue weighted by atomic mass is 10.1. The van der Waals surface area contributed by atoms with Gasteiger partial charge in [0.15, 0.2) is 0 Å². The normalized spacial score (nSPS) is 17.8. The number of amides is 1. The molecule has 1 N–H and O–H groups in total. The third-order valence-electron chi connectivity index (χ3n) is 6.26. The van der Waals surface area contributed by atoms with E-state index in [-0.39, 0.29) is 24.6 Å². The molecular weight excluding hydrogens is 463 g/mol. The average Bonchev–Trinajstić information content (AvgIpc) is 3.51. The molecule has 10 nitrogen and oxygen atoms in total. The Kier molecular flexibility index (Phi) is 7.84. The van der Waals surface area contributed by atoms with E-state index >= 15 is 0 Å². The number of hydrogen-bond acceptors (Lipinski definition) is 7. The maximum atomic E-state index is 13.0. The topological polar surface area (TPSA) is 116 Å². The minimum atomic E-state index is -0.593. The molecule has 0 radical (unpaired) electrons. The lowest BCUT2D eigenvalue weighted by molar-refractivity contribution is -0.00497. The zero-order valence-corrected chi connectivity index (χ0v) is 21.0. The molecule has 3 aromatic rings. The van der Waals surface area contributed by atoms with Gasteiger partial charge in [0, 0.05) is 55.6 Å². The van der Waals surface area contributed by atoms with E-state index in [9.17, 15) is 14.4 Å². The fraction of sp³-hybridized carbons (Fsp3) is 0.560. The number of nitriles is 1. The second kappa shape index (κ2) is 11.0. The van der Waals surface area contributed by atoms with E-state index in [1.807, 2.05) is 43.9 Å². The molecule has 11 heteroatoms. The van der Waals surface area contributed by atoms with E-state index < -0.39 is 12.3 Å². The highest BCUT2D eigenvalue weighted by atomic mass is 19.1. The Morgan fingerprint density at radius 1 is 1.36 bits per heavy atom. The third kappa shape index (κ3) is 5.99. The number of carbonyl (C=O) groups excluding carboxylic acids is 1. The molecule has 2 atom stereocenters. The Morgan fingerprint density at radius 3 is 2.94 bits per heavy atom. The Morgan fingerprint density at radius 2 is 2.19 bits per heavy atom. The molecule has 1 saturated heterocycles. The summed E-state index contributed by atoms with van der Waals surface area (Å²) in [6, 6.07) is 3.88. The van der Waals surface area contributed by atoms with Crippen LogP contribution >= 0.6 is 0 Å². The summed E-state index contributed by atoms with van der Waals surface area (Å²) in [4.78, 5) is 28.5. The average molecular weight is 497 g/mol. The van der Waals surface area contributed by atoms with E-state index in [0.717, 1.165) is 22.3 Å². The molecule has 36 heavy (non-hydrogen) atoms. The van der Waals surface area contributed by atoms with E-state index in [4.69, 9.17) is 4.74 Å². The molecule has 0 aliphatic carbocycles. The first-order valence-electron chi connectivity index (χ1n) is 12.3. The molecule has 3 aromatic heterocycles. The Bertz CT molecular complexity index is 1210. The Labute approximate surface area is 210 Å². The highest BCUT2D eigenvalue weighted by molar-refractivity contribution is 5.89. The first-order valence-corrected chi connectivity index (χ1v) is 12.3. The number of aromatic amines is 1. The van der Waals surface area contributed by atoms with Crippen molar-refractivity contribution in [1.29, 1.82) is 5.26 Å². The number of aromatic nitrogens is 5.